The van der Waals surface area contributed by atoms with Gasteiger partial charge in [-0.3, -0.25) is 4.90 Å². The second kappa shape index (κ2) is 4.73. The molecule has 1 aliphatic rings. The van der Waals surface area contributed by atoms with E-state index in [1.807, 2.05) is 6.92 Å². The first kappa shape index (κ1) is 11.9. The molecule has 92 valence electrons. The molecule has 1 amide bonds. The van der Waals surface area contributed by atoms with Gasteiger partial charge in [-0.15, -0.1) is 0 Å². The highest BCUT2D eigenvalue weighted by Crippen LogP contribution is 2.31. The third-order valence-corrected chi connectivity index (χ3v) is 3.04. The van der Waals surface area contributed by atoms with Crippen LogP contribution in [0.4, 0.5) is 14.9 Å². The maximum absolute atomic E-state index is 13.1. The molecule has 2 rings (SSSR count). The smallest absolute Gasteiger partial charge is 0.414 e. The van der Waals surface area contributed by atoms with Gasteiger partial charge in [0.25, 0.3) is 0 Å². The number of fused-ring (bicyclic) bond motifs is 1. The Morgan fingerprint density at radius 2 is 2.35 bits per heavy atom. The van der Waals surface area contributed by atoms with Crippen LogP contribution >= 0.6 is 0 Å². The number of benzene rings is 1. The minimum atomic E-state index is -0.354. The zero-order chi connectivity index (χ0) is 12.4. The molecule has 0 saturated heterocycles. The molecule has 1 unspecified atom stereocenters. The van der Waals surface area contributed by atoms with Crippen LogP contribution in [0, 0.1) is 5.82 Å². The lowest BCUT2D eigenvalue weighted by Crippen LogP contribution is -2.42. The number of aryl methyl sites for hydroxylation is 1. The quantitative estimate of drug-likeness (QED) is 0.751. The topological polar surface area (TPSA) is 29.5 Å². The van der Waals surface area contributed by atoms with Crippen LogP contribution in [0.1, 0.15) is 25.8 Å². The van der Waals surface area contributed by atoms with Crippen LogP contribution in [0.3, 0.4) is 0 Å². The Balaban J connectivity index is 2.36. The van der Waals surface area contributed by atoms with E-state index < -0.39 is 0 Å². The van der Waals surface area contributed by atoms with Crippen molar-refractivity contribution in [1.29, 1.82) is 0 Å². The van der Waals surface area contributed by atoms with Gasteiger partial charge in [0.15, 0.2) is 0 Å². The molecule has 17 heavy (non-hydrogen) atoms. The molecule has 4 heteroatoms. The van der Waals surface area contributed by atoms with Crippen molar-refractivity contribution >= 4 is 11.8 Å². The zero-order valence-corrected chi connectivity index (χ0v) is 10.1. The van der Waals surface area contributed by atoms with Crippen LogP contribution in [0.15, 0.2) is 18.2 Å². The fraction of sp³-hybridized carbons (Fsp3) is 0.462. The number of hydrogen-bond donors (Lipinski definition) is 0. The average Bonchev–Trinajstić information content (AvgIpc) is 2.29. The van der Waals surface area contributed by atoms with E-state index in [1.165, 1.54) is 12.1 Å². The van der Waals surface area contributed by atoms with Crippen molar-refractivity contribution < 1.29 is 13.9 Å². The van der Waals surface area contributed by atoms with Crippen molar-refractivity contribution in [3.05, 3.63) is 29.6 Å². The Morgan fingerprint density at radius 3 is 3.06 bits per heavy atom. The highest BCUT2D eigenvalue weighted by atomic mass is 19.1. The first-order chi connectivity index (χ1) is 8.13. The molecule has 3 nitrogen and oxygen atoms in total. The Hall–Kier alpha value is -1.58. The van der Waals surface area contributed by atoms with E-state index >= 15 is 0 Å². The summed E-state index contributed by atoms with van der Waals surface area (Å²) < 4.78 is 18.2. The summed E-state index contributed by atoms with van der Waals surface area (Å²) in [5.41, 5.74) is 1.64. The van der Waals surface area contributed by atoms with E-state index in [9.17, 15) is 9.18 Å². The molecule has 0 radical (unpaired) electrons. The molecule has 0 aliphatic carbocycles. The van der Waals surface area contributed by atoms with Gasteiger partial charge in [0.2, 0.25) is 0 Å². The molecule has 1 atom stereocenters. The van der Waals surface area contributed by atoms with E-state index in [0.717, 1.165) is 24.1 Å². The number of carbonyl (C=O) groups is 1. The number of hydrogen-bond acceptors (Lipinski definition) is 2. The Kier molecular flexibility index (Phi) is 3.31. The number of amides is 1. The van der Waals surface area contributed by atoms with Crippen molar-refractivity contribution in [2.45, 2.75) is 32.7 Å². The van der Waals surface area contributed by atoms with Gasteiger partial charge in [0.05, 0.1) is 12.3 Å². The van der Waals surface area contributed by atoms with Gasteiger partial charge in [0, 0.05) is 6.04 Å². The normalized spacial score (nSPS) is 18.8. The van der Waals surface area contributed by atoms with Crippen LogP contribution in [-0.4, -0.2) is 18.7 Å². The predicted octanol–water partition coefficient (Wildman–Crippen LogP) is 3.12. The number of carbonyl (C=O) groups excluding carboxylic acids is 1. The molecule has 0 aromatic heterocycles. The second-order valence-corrected chi connectivity index (χ2v) is 4.23. The summed E-state index contributed by atoms with van der Waals surface area (Å²) in [4.78, 5) is 13.5. The maximum Gasteiger partial charge on any atom is 0.414 e. The van der Waals surface area contributed by atoms with E-state index in [2.05, 4.69) is 0 Å². The Bertz CT molecular complexity index is 433. The fourth-order valence-electron chi connectivity index (χ4n) is 2.19. The number of ether oxygens (including phenoxy) is 1. The van der Waals surface area contributed by atoms with Gasteiger partial charge in [-0.25, -0.2) is 9.18 Å². The van der Waals surface area contributed by atoms with Gasteiger partial charge in [0.1, 0.15) is 5.82 Å². The highest BCUT2D eigenvalue weighted by molar-refractivity contribution is 5.89. The summed E-state index contributed by atoms with van der Waals surface area (Å²) in [5.74, 6) is -0.262. The Morgan fingerprint density at radius 1 is 1.59 bits per heavy atom. The number of anilines is 1. The van der Waals surface area contributed by atoms with Crippen molar-refractivity contribution in [2.75, 3.05) is 11.5 Å². The van der Waals surface area contributed by atoms with E-state index in [-0.39, 0.29) is 18.0 Å². The molecule has 0 spiro atoms. The third-order valence-electron chi connectivity index (χ3n) is 3.04. The van der Waals surface area contributed by atoms with Crippen molar-refractivity contribution in [3.8, 4) is 0 Å². The minimum absolute atomic E-state index is 0.0898. The van der Waals surface area contributed by atoms with Crippen LogP contribution in [0.2, 0.25) is 0 Å². The summed E-state index contributed by atoms with van der Waals surface area (Å²) >= 11 is 0. The predicted molar refractivity (Wildman–Crippen MR) is 63.7 cm³/mol. The largest absolute Gasteiger partial charge is 0.449 e. The van der Waals surface area contributed by atoms with E-state index in [4.69, 9.17) is 4.74 Å². The first-order valence-corrected chi connectivity index (χ1v) is 5.88. The third kappa shape index (κ3) is 2.25. The standard InChI is InChI=1S/C13H16FNO2/c1-3-17-13(16)15-9(2)4-5-10-8-11(14)6-7-12(10)15/h6-9H,3-5H2,1-2H3. The van der Waals surface area contributed by atoms with Crippen molar-refractivity contribution in [2.24, 2.45) is 0 Å². The van der Waals surface area contributed by atoms with Crippen LogP contribution in [-0.2, 0) is 11.2 Å². The monoisotopic (exact) mass is 237 g/mol. The summed E-state index contributed by atoms with van der Waals surface area (Å²) in [7, 11) is 0. The van der Waals surface area contributed by atoms with Crippen LogP contribution in [0.5, 0.6) is 0 Å². The maximum atomic E-state index is 13.1. The Labute approximate surface area is 100 Å². The molecular formula is C13H16FNO2. The van der Waals surface area contributed by atoms with Gasteiger partial charge in [-0.1, -0.05) is 0 Å². The van der Waals surface area contributed by atoms with Crippen molar-refractivity contribution in [1.82, 2.24) is 0 Å². The molecule has 1 heterocycles. The first-order valence-electron chi connectivity index (χ1n) is 5.88. The highest BCUT2D eigenvalue weighted by Gasteiger charge is 2.29. The fourth-order valence-corrected chi connectivity index (χ4v) is 2.19. The number of rotatable bonds is 1. The minimum Gasteiger partial charge on any atom is -0.449 e. The van der Waals surface area contributed by atoms with Crippen LogP contribution in [0.25, 0.3) is 0 Å². The lowest BCUT2D eigenvalue weighted by Gasteiger charge is -2.34. The summed E-state index contributed by atoms with van der Waals surface area (Å²) in [6.07, 6.45) is 1.27. The lowest BCUT2D eigenvalue weighted by atomic mass is 9.97. The van der Waals surface area contributed by atoms with E-state index in [0.29, 0.717) is 6.61 Å². The second-order valence-electron chi connectivity index (χ2n) is 4.23. The molecule has 1 aliphatic heterocycles. The molecule has 1 aromatic carbocycles. The average molecular weight is 237 g/mol. The van der Waals surface area contributed by atoms with Crippen molar-refractivity contribution in [3.63, 3.8) is 0 Å². The summed E-state index contributed by atoms with van der Waals surface area (Å²) in [6, 6.07) is 4.61. The SMILES string of the molecule is CCOC(=O)N1c2ccc(F)cc2CCC1C. The molecular weight excluding hydrogens is 221 g/mol. The zero-order valence-electron chi connectivity index (χ0n) is 10.1. The van der Waals surface area contributed by atoms with Crippen LogP contribution < -0.4 is 4.90 Å². The number of nitrogens with zero attached hydrogens (tertiary/aromatic N) is 1. The molecule has 1 aromatic rings. The summed E-state index contributed by atoms with van der Waals surface area (Å²) in [6.45, 7) is 4.10. The lowest BCUT2D eigenvalue weighted by molar-refractivity contribution is 0.156. The number of halogens is 1. The molecule has 0 N–H and O–H groups in total. The molecule has 0 bridgehead atoms. The molecule has 0 saturated carbocycles. The van der Waals surface area contributed by atoms with Gasteiger partial charge >= 0.3 is 6.09 Å². The van der Waals surface area contributed by atoms with Gasteiger partial charge in [-0.05, 0) is 50.5 Å². The van der Waals surface area contributed by atoms with Gasteiger partial charge in [-0.2, -0.15) is 0 Å². The van der Waals surface area contributed by atoms with E-state index in [1.54, 1.807) is 17.9 Å². The molecule has 0 fully saturated rings. The van der Waals surface area contributed by atoms with Gasteiger partial charge < -0.3 is 4.74 Å². The summed E-state index contributed by atoms with van der Waals surface area (Å²) in [5, 5.41) is 0.